The maximum Gasteiger partial charge on any atom is 0.233 e. The summed E-state index contributed by atoms with van der Waals surface area (Å²) in [5.74, 6) is 1.00. The Labute approximate surface area is 99.4 Å². The van der Waals surface area contributed by atoms with Crippen molar-refractivity contribution in [3.63, 3.8) is 0 Å². The number of carbonyl (C=O) groups excluding carboxylic acids is 1. The summed E-state index contributed by atoms with van der Waals surface area (Å²) < 4.78 is 0. The summed E-state index contributed by atoms with van der Waals surface area (Å²) >= 11 is 0. The van der Waals surface area contributed by atoms with Gasteiger partial charge < -0.3 is 10.6 Å². The van der Waals surface area contributed by atoms with Gasteiger partial charge in [0.2, 0.25) is 5.91 Å². The molecule has 0 spiro atoms. The number of amides is 1. The van der Waals surface area contributed by atoms with Crippen LogP contribution in [-0.4, -0.2) is 25.5 Å². The van der Waals surface area contributed by atoms with Gasteiger partial charge in [-0.3, -0.25) is 4.79 Å². The second kappa shape index (κ2) is 8.57. The third-order valence-corrected chi connectivity index (χ3v) is 3.31. The van der Waals surface area contributed by atoms with Gasteiger partial charge in [-0.1, -0.05) is 39.0 Å². The van der Waals surface area contributed by atoms with Gasteiger partial charge in [0.25, 0.3) is 0 Å². The zero-order valence-corrected chi connectivity index (χ0v) is 10.6. The Morgan fingerprint density at radius 2 is 1.94 bits per heavy atom. The summed E-state index contributed by atoms with van der Waals surface area (Å²) in [7, 11) is 0. The fraction of sp³-hybridized carbons (Fsp3) is 0.923. The first-order valence-electron chi connectivity index (χ1n) is 6.80. The Bertz CT molecular complexity index is 188. The molecule has 1 aliphatic carbocycles. The molecule has 1 amide bonds. The van der Waals surface area contributed by atoms with E-state index in [0.717, 1.165) is 25.4 Å². The van der Waals surface area contributed by atoms with Crippen molar-refractivity contribution in [2.45, 2.75) is 51.9 Å². The Morgan fingerprint density at radius 1 is 1.19 bits per heavy atom. The lowest BCUT2D eigenvalue weighted by molar-refractivity contribution is -0.120. The predicted molar refractivity (Wildman–Crippen MR) is 67.4 cm³/mol. The SMILES string of the molecule is CCCNCC(=O)NCCC1CCCCC1. The topological polar surface area (TPSA) is 41.1 Å². The van der Waals surface area contributed by atoms with Crippen molar-refractivity contribution < 1.29 is 4.79 Å². The standard InChI is InChI=1S/C13H26N2O/c1-2-9-14-11-13(16)15-10-8-12-6-4-3-5-7-12/h12,14H,2-11H2,1H3,(H,15,16). The number of hydrogen-bond donors (Lipinski definition) is 2. The number of carbonyl (C=O) groups is 1. The normalized spacial score (nSPS) is 17.3. The number of rotatable bonds is 7. The molecule has 0 radical (unpaired) electrons. The van der Waals surface area contributed by atoms with E-state index < -0.39 is 0 Å². The largest absolute Gasteiger partial charge is 0.355 e. The molecule has 0 aromatic rings. The Balaban J connectivity index is 1.94. The van der Waals surface area contributed by atoms with Gasteiger partial charge in [-0.25, -0.2) is 0 Å². The molecule has 1 rings (SSSR count). The highest BCUT2D eigenvalue weighted by Crippen LogP contribution is 2.25. The Morgan fingerprint density at radius 3 is 2.62 bits per heavy atom. The minimum Gasteiger partial charge on any atom is -0.355 e. The summed E-state index contributed by atoms with van der Waals surface area (Å²) in [4.78, 5) is 11.4. The van der Waals surface area contributed by atoms with Crippen LogP contribution in [0.5, 0.6) is 0 Å². The second-order valence-corrected chi connectivity index (χ2v) is 4.82. The van der Waals surface area contributed by atoms with Gasteiger partial charge in [0.15, 0.2) is 0 Å². The van der Waals surface area contributed by atoms with Crippen LogP contribution in [0.4, 0.5) is 0 Å². The minimum absolute atomic E-state index is 0.143. The van der Waals surface area contributed by atoms with E-state index in [1.165, 1.54) is 38.5 Å². The fourth-order valence-electron chi connectivity index (χ4n) is 2.33. The molecule has 0 aromatic heterocycles. The van der Waals surface area contributed by atoms with Crippen molar-refractivity contribution in [3.8, 4) is 0 Å². The van der Waals surface area contributed by atoms with Crippen LogP contribution in [0.25, 0.3) is 0 Å². The van der Waals surface area contributed by atoms with E-state index in [4.69, 9.17) is 0 Å². The number of nitrogens with one attached hydrogen (secondary N) is 2. The molecule has 94 valence electrons. The van der Waals surface area contributed by atoms with Crippen molar-refractivity contribution >= 4 is 5.91 Å². The maximum atomic E-state index is 11.4. The third-order valence-electron chi connectivity index (χ3n) is 3.31. The maximum absolute atomic E-state index is 11.4. The van der Waals surface area contributed by atoms with Crippen LogP contribution in [0.3, 0.4) is 0 Å². The van der Waals surface area contributed by atoms with E-state index in [1.54, 1.807) is 0 Å². The molecule has 0 unspecified atom stereocenters. The van der Waals surface area contributed by atoms with Crippen LogP contribution in [0, 0.1) is 5.92 Å². The van der Waals surface area contributed by atoms with Gasteiger partial charge in [0, 0.05) is 6.54 Å². The minimum atomic E-state index is 0.143. The molecule has 1 aliphatic rings. The predicted octanol–water partition coefficient (Wildman–Crippen LogP) is 2.07. The van der Waals surface area contributed by atoms with Crippen LogP contribution in [-0.2, 0) is 4.79 Å². The zero-order chi connectivity index (χ0) is 11.6. The monoisotopic (exact) mass is 226 g/mol. The van der Waals surface area contributed by atoms with Crippen molar-refractivity contribution in [2.24, 2.45) is 5.92 Å². The summed E-state index contributed by atoms with van der Waals surface area (Å²) in [6, 6.07) is 0. The molecule has 1 saturated carbocycles. The van der Waals surface area contributed by atoms with Crippen molar-refractivity contribution in [1.82, 2.24) is 10.6 Å². The Hall–Kier alpha value is -0.570. The van der Waals surface area contributed by atoms with Crippen LogP contribution in [0.15, 0.2) is 0 Å². The van der Waals surface area contributed by atoms with Gasteiger partial charge >= 0.3 is 0 Å². The van der Waals surface area contributed by atoms with E-state index >= 15 is 0 Å². The molecule has 0 saturated heterocycles. The lowest BCUT2D eigenvalue weighted by atomic mass is 9.87. The lowest BCUT2D eigenvalue weighted by Gasteiger charge is -2.21. The van der Waals surface area contributed by atoms with E-state index in [9.17, 15) is 4.79 Å². The van der Waals surface area contributed by atoms with Gasteiger partial charge in [0.1, 0.15) is 0 Å². The van der Waals surface area contributed by atoms with Gasteiger partial charge in [-0.05, 0) is 25.3 Å². The molecule has 0 bridgehead atoms. The van der Waals surface area contributed by atoms with Crippen LogP contribution < -0.4 is 10.6 Å². The van der Waals surface area contributed by atoms with E-state index in [1.807, 2.05) is 0 Å². The molecule has 3 heteroatoms. The van der Waals surface area contributed by atoms with Crippen molar-refractivity contribution in [3.05, 3.63) is 0 Å². The van der Waals surface area contributed by atoms with Crippen molar-refractivity contribution in [2.75, 3.05) is 19.6 Å². The van der Waals surface area contributed by atoms with E-state index in [2.05, 4.69) is 17.6 Å². The van der Waals surface area contributed by atoms with Gasteiger partial charge in [-0.2, -0.15) is 0 Å². The molecule has 2 N–H and O–H groups in total. The lowest BCUT2D eigenvalue weighted by Crippen LogP contribution is -2.35. The molecular weight excluding hydrogens is 200 g/mol. The zero-order valence-electron chi connectivity index (χ0n) is 10.6. The van der Waals surface area contributed by atoms with E-state index in [-0.39, 0.29) is 5.91 Å². The summed E-state index contributed by atoms with van der Waals surface area (Å²) in [5, 5.41) is 6.10. The fourth-order valence-corrected chi connectivity index (χ4v) is 2.33. The highest BCUT2D eigenvalue weighted by atomic mass is 16.1. The Kier molecular flexibility index (Phi) is 7.23. The summed E-state index contributed by atoms with van der Waals surface area (Å²) in [5.41, 5.74) is 0. The highest BCUT2D eigenvalue weighted by Gasteiger charge is 2.12. The quantitative estimate of drug-likeness (QED) is 0.653. The van der Waals surface area contributed by atoms with E-state index in [0.29, 0.717) is 6.54 Å². The third kappa shape index (κ3) is 6.11. The summed E-state index contributed by atoms with van der Waals surface area (Å²) in [6.45, 7) is 4.36. The molecule has 1 fully saturated rings. The second-order valence-electron chi connectivity index (χ2n) is 4.82. The molecule has 16 heavy (non-hydrogen) atoms. The van der Waals surface area contributed by atoms with Crippen LogP contribution in [0.1, 0.15) is 51.9 Å². The molecule has 0 aromatic carbocycles. The molecule has 0 aliphatic heterocycles. The average Bonchev–Trinajstić information content (AvgIpc) is 2.31. The van der Waals surface area contributed by atoms with Gasteiger partial charge in [-0.15, -0.1) is 0 Å². The summed E-state index contributed by atoms with van der Waals surface area (Å²) in [6.07, 6.45) is 9.15. The van der Waals surface area contributed by atoms with Crippen LogP contribution >= 0.6 is 0 Å². The molecular formula is C13H26N2O. The smallest absolute Gasteiger partial charge is 0.233 e. The first-order valence-corrected chi connectivity index (χ1v) is 6.80. The number of hydrogen-bond acceptors (Lipinski definition) is 2. The average molecular weight is 226 g/mol. The first kappa shape index (κ1) is 13.5. The molecule has 0 atom stereocenters. The molecule has 0 heterocycles. The highest BCUT2D eigenvalue weighted by molar-refractivity contribution is 5.77. The van der Waals surface area contributed by atoms with Crippen molar-refractivity contribution in [1.29, 1.82) is 0 Å². The van der Waals surface area contributed by atoms with Gasteiger partial charge in [0.05, 0.1) is 6.54 Å². The first-order chi connectivity index (χ1) is 7.83. The van der Waals surface area contributed by atoms with Crippen LogP contribution in [0.2, 0.25) is 0 Å². The molecule has 3 nitrogen and oxygen atoms in total.